The largest absolute Gasteiger partial charge is 0.309 e. The molecule has 284 valence electrons. The van der Waals surface area contributed by atoms with Gasteiger partial charge in [0.2, 0.25) is 0 Å². The van der Waals surface area contributed by atoms with Crippen LogP contribution >= 0.6 is 0 Å². The average molecular weight is 776 g/mol. The van der Waals surface area contributed by atoms with Crippen molar-refractivity contribution in [1.82, 2.24) is 14.5 Å². The molecule has 0 saturated heterocycles. The maximum Gasteiger partial charge on any atom is 0.161 e. The van der Waals surface area contributed by atoms with Gasteiger partial charge in [-0.1, -0.05) is 176 Å². The smallest absolute Gasteiger partial charge is 0.161 e. The van der Waals surface area contributed by atoms with Crippen LogP contribution in [0.5, 0.6) is 0 Å². The van der Waals surface area contributed by atoms with Crippen molar-refractivity contribution in [2.75, 3.05) is 0 Å². The van der Waals surface area contributed by atoms with Crippen LogP contribution < -0.4 is 0 Å². The summed E-state index contributed by atoms with van der Waals surface area (Å²) in [6.07, 6.45) is 0. The molecule has 0 unspecified atom stereocenters. The van der Waals surface area contributed by atoms with Crippen molar-refractivity contribution in [2.24, 2.45) is 0 Å². The van der Waals surface area contributed by atoms with Crippen LogP contribution in [0.1, 0.15) is 0 Å². The second-order valence-corrected chi connectivity index (χ2v) is 15.8. The highest BCUT2D eigenvalue weighted by atomic mass is 15.0. The topological polar surface area (TPSA) is 30.7 Å². The molecule has 3 heteroatoms. The Bertz CT molecular complexity index is 3640. The average Bonchev–Trinajstić information content (AvgIpc) is 3.65. The number of hydrogen-bond donors (Lipinski definition) is 0. The summed E-state index contributed by atoms with van der Waals surface area (Å²) in [5.74, 6) is 0.671. The summed E-state index contributed by atoms with van der Waals surface area (Å²) >= 11 is 0. The first-order valence-corrected chi connectivity index (χ1v) is 20.8. The van der Waals surface area contributed by atoms with Crippen molar-refractivity contribution in [3.63, 3.8) is 0 Å². The summed E-state index contributed by atoms with van der Waals surface area (Å²) in [5, 5.41) is 9.64. The van der Waals surface area contributed by atoms with Gasteiger partial charge in [-0.05, 0) is 97.5 Å². The molecule has 10 aromatic carbocycles. The lowest BCUT2D eigenvalue weighted by atomic mass is 9.91. The standard InChI is InChI=1S/C58H37N3/c1-3-17-40(18-4-1)49-36-57(61-55-26-14-13-25-48(55)51-33-44-23-11-12-24-45(44)34-56(51)61)50(46-29-27-38-15-7-9-21-42(38)31-46)35-52(49)58-59-53(41-19-5-2-6-20-41)37-54(60-58)47-30-28-39-16-8-10-22-43(39)32-47/h1-37H. The van der Waals surface area contributed by atoms with E-state index in [1.807, 2.05) is 0 Å². The molecule has 0 amide bonds. The van der Waals surface area contributed by atoms with Crippen molar-refractivity contribution >= 4 is 54.1 Å². The van der Waals surface area contributed by atoms with Gasteiger partial charge in [0.25, 0.3) is 0 Å². The molecule has 0 atom stereocenters. The molecule has 0 radical (unpaired) electrons. The summed E-state index contributed by atoms with van der Waals surface area (Å²) in [4.78, 5) is 10.9. The van der Waals surface area contributed by atoms with Gasteiger partial charge in [-0.15, -0.1) is 0 Å². The molecule has 0 N–H and O–H groups in total. The molecule has 12 rings (SSSR count). The minimum atomic E-state index is 0.671. The predicted octanol–water partition coefficient (Wildman–Crippen LogP) is 15.4. The maximum atomic E-state index is 5.49. The molecular weight excluding hydrogens is 739 g/mol. The second-order valence-electron chi connectivity index (χ2n) is 15.8. The highest BCUT2D eigenvalue weighted by Crippen LogP contribution is 2.44. The zero-order valence-corrected chi connectivity index (χ0v) is 33.2. The van der Waals surface area contributed by atoms with Gasteiger partial charge in [-0.3, -0.25) is 0 Å². The Hall–Kier alpha value is -8.14. The lowest BCUT2D eigenvalue weighted by Gasteiger charge is -2.20. The Morgan fingerprint density at radius 3 is 1.49 bits per heavy atom. The highest BCUT2D eigenvalue weighted by Gasteiger charge is 2.23. The minimum Gasteiger partial charge on any atom is -0.309 e. The molecule has 0 saturated carbocycles. The summed E-state index contributed by atoms with van der Waals surface area (Å²) in [5.41, 5.74) is 12.6. The number of para-hydroxylation sites is 1. The first-order chi connectivity index (χ1) is 30.2. The van der Waals surface area contributed by atoms with Crippen LogP contribution in [0.25, 0.3) is 116 Å². The molecular formula is C58H37N3. The fraction of sp³-hybridized carbons (Fsp3) is 0. The normalized spacial score (nSPS) is 11.6. The van der Waals surface area contributed by atoms with E-state index >= 15 is 0 Å². The van der Waals surface area contributed by atoms with Gasteiger partial charge in [0.1, 0.15) is 0 Å². The number of rotatable bonds is 6. The quantitative estimate of drug-likeness (QED) is 0.168. The maximum absolute atomic E-state index is 5.49. The number of nitrogens with zero attached hydrogens (tertiary/aromatic N) is 3. The molecule has 0 spiro atoms. The van der Waals surface area contributed by atoms with E-state index < -0.39 is 0 Å². The van der Waals surface area contributed by atoms with Crippen LogP contribution in [-0.4, -0.2) is 14.5 Å². The summed E-state index contributed by atoms with van der Waals surface area (Å²) < 4.78 is 2.47. The van der Waals surface area contributed by atoms with Gasteiger partial charge in [-0.25, -0.2) is 9.97 Å². The van der Waals surface area contributed by atoms with E-state index in [2.05, 4.69) is 229 Å². The second kappa shape index (κ2) is 14.3. The summed E-state index contributed by atoms with van der Waals surface area (Å²) in [6, 6.07) is 80.7. The zero-order chi connectivity index (χ0) is 40.3. The molecule has 61 heavy (non-hydrogen) atoms. The van der Waals surface area contributed by atoms with E-state index in [9.17, 15) is 0 Å². The Labute approximate surface area is 353 Å². The monoisotopic (exact) mass is 775 g/mol. The molecule has 2 aromatic heterocycles. The Balaban J connectivity index is 1.20. The van der Waals surface area contributed by atoms with Gasteiger partial charge < -0.3 is 4.57 Å². The van der Waals surface area contributed by atoms with E-state index in [0.717, 1.165) is 67.1 Å². The third-order valence-electron chi connectivity index (χ3n) is 12.1. The van der Waals surface area contributed by atoms with Gasteiger partial charge in [0, 0.05) is 33.0 Å². The number of benzene rings is 10. The van der Waals surface area contributed by atoms with Crippen LogP contribution in [-0.2, 0) is 0 Å². The van der Waals surface area contributed by atoms with E-state index in [1.54, 1.807) is 0 Å². The van der Waals surface area contributed by atoms with Crippen LogP contribution in [0.4, 0.5) is 0 Å². The van der Waals surface area contributed by atoms with Crippen molar-refractivity contribution in [3.05, 3.63) is 224 Å². The molecule has 2 heterocycles. The fourth-order valence-corrected chi connectivity index (χ4v) is 9.14. The molecule has 0 aliphatic heterocycles. The lowest BCUT2D eigenvalue weighted by Crippen LogP contribution is -2.02. The zero-order valence-electron chi connectivity index (χ0n) is 33.2. The van der Waals surface area contributed by atoms with Gasteiger partial charge in [-0.2, -0.15) is 0 Å². The highest BCUT2D eigenvalue weighted by molar-refractivity contribution is 6.14. The Kier molecular flexibility index (Phi) is 8.17. The molecule has 0 aliphatic rings. The molecule has 0 bridgehead atoms. The summed E-state index contributed by atoms with van der Waals surface area (Å²) in [6.45, 7) is 0. The Morgan fingerprint density at radius 2 is 0.803 bits per heavy atom. The van der Waals surface area contributed by atoms with Crippen molar-refractivity contribution in [3.8, 4) is 61.8 Å². The van der Waals surface area contributed by atoms with Crippen LogP contribution in [0.2, 0.25) is 0 Å². The number of hydrogen-bond acceptors (Lipinski definition) is 2. The van der Waals surface area contributed by atoms with E-state index in [1.165, 1.54) is 43.1 Å². The van der Waals surface area contributed by atoms with Crippen LogP contribution in [0.15, 0.2) is 224 Å². The Morgan fingerprint density at radius 1 is 0.279 bits per heavy atom. The lowest BCUT2D eigenvalue weighted by molar-refractivity contribution is 1.17. The minimum absolute atomic E-state index is 0.671. The van der Waals surface area contributed by atoms with Crippen molar-refractivity contribution in [2.45, 2.75) is 0 Å². The fourth-order valence-electron chi connectivity index (χ4n) is 9.14. The third-order valence-corrected chi connectivity index (χ3v) is 12.1. The number of fused-ring (bicyclic) bond motifs is 6. The molecule has 0 aliphatic carbocycles. The summed E-state index contributed by atoms with van der Waals surface area (Å²) in [7, 11) is 0. The molecule has 12 aromatic rings. The van der Waals surface area contributed by atoms with Gasteiger partial charge in [0.05, 0.1) is 28.1 Å². The number of aromatic nitrogens is 3. The van der Waals surface area contributed by atoms with Crippen molar-refractivity contribution < 1.29 is 0 Å². The SMILES string of the molecule is c1ccc(-c2cc(-c3ccc4ccccc4c3)nc(-c3cc(-c4ccc5ccccc5c4)c(-n4c5ccccc5c5cc6ccccc6cc54)cc3-c3ccccc3)n2)cc1. The first-order valence-electron chi connectivity index (χ1n) is 20.8. The molecule has 3 nitrogen and oxygen atoms in total. The van der Waals surface area contributed by atoms with Gasteiger partial charge >= 0.3 is 0 Å². The third kappa shape index (κ3) is 6.06. The molecule has 0 fully saturated rings. The van der Waals surface area contributed by atoms with Crippen molar-refractivity contribution in [1.29, 1.82) is 0 Å². The first kappa shape index (κ1) is 34.9. The van der Waals surface area contributed by atoms with E-state index in [4.69, 9.17) is 9.97 Å². The van der Waals surface area contributed by atoms with Gasteiger partial charge in [0.15, 0.2) is 5.82 Å². The van der Waals surface area contributed by atoms with E-state index in [0.29, 0.717) is 5.82 Å². The van der Waals surface area contributed by atoms with Crippen LogP contribution in [0, 0.1) is 0 Å². The van der Waals surface area contributed by atoms with Crippen LogP contribution in [0.3, 0.4) is 0 Å². The predicted molar refractivity (Wildman–Crippen MR) is 256 cm³/mol. The van der Waals surface area contributed by atoms with E-state index in [-0.39, 0.29) is 0 Å².